The molecule has 0 aliphatic heterocycles. The van der Waals surface area contributed by atoms with E-state index in [2.05, 4.69) is 43.1 Å². The Kier molecular flexibility index (Phi) is 4.55. The minimum Gasteiger partial charge on any atom is -0.310 e. The van der Waals surface area contributed by atoms with Gasteiger partial charge in [-0.3, -0.25) is 0 Å². The van der Waals surface area contributed by atoms with Gasteiger partial charge >= 0.3 is 0 Å². The molecule has 72 valence electrons. The third-order valence-electron chi connectivity index (χ3n) is 2.36. The Bertz CT molecular complexity index is 203. The zero-order chi connectivity index (χ0) is 9.52. The van der Waals surface area contributed by atoms with E-state index in [1.807, 2.05) is 6.08 Å². The van der Waals surface area contributed by atoms with Crippen molar-refractivity contribution in [3.63, 3.8) is 0 Å². The van der Waals surface area contributed by atoms with Crippen molar-refractivity contribution in [1.82, 2.24) is 5.32 Å². The van der Waals surface area contributed by atoms with Crippen molar-refractivity contribution in [2.24, 2.45) is 5.92 Å². The predicted octanol–water partition coefficient (Wildman–Crippen LogP) is 2.67. The molecule has 0 radical (unpaired) electrons. The Morgan fingerprint density at radius 2 is 2.15 bits per heavy atom. The quantitative estimate of drug-likeness (QED) is 0.503. The number of nitrogens with one attached hydrogen (secondary N) is 1. The molecule has 0 bridgehead atoms. The molecule has 0 aromatic carbocycles. The van der Waals surface area contributed by atoms with E-state index in [0.717, 1.165) is 6.54 Å². The Balaban J connectivity index is 2.34. The maximum atomic E-state index is 3.84. The first-order valence-electron chi connectivity index (χ1n) is 5.09. The minimum atomic E-state index is 0.453. The van der Waals surface area contributed by atoms with Crippen LogP contribution >= 0.6 is 0 Å². The van der Waals surface area contributed by atoms with Gasteiger partial charge < -0.3 is 5.32 Å². The smallest absolute Gasteiger partial charge is 0.0351 e. The maximum absolute atomic E-state index is 3.84. The molecule has 1 aliphatic rings. The number of hydrogen-bond acceptors (Lipinski definition) is 1. The molecule has 0 saturated carbocycles. The molecule has 0 aromatic rings. The van der Waals surface area contributed by atoms with Crippen molar-refractivity contribution in [3.05, 3.63) is 37.0 Å². The molecular formula is C12H19N. The van der Waals surface area contributed by atoms with Crippen LogP contribution in [-0.2, 0) is 0 Å². The number of allylic oxidation sites excluding steroid dienone is 2. The van der Waals surface area contributed by atoms with Crippen LogP contribution in [-0.4, -0.2) is 12.6 Å². The van der Waals surface area contributed by atoms with Crippen LogP contribution in [0.25, 0.3) is 0 Å². The van der Waals surface area contributed by atoms with Crippen LogP contribution in [0.3, 0.4) is 0 Å². The molecule has 1 N–H and O–H groups in total. The Morgan fingerprint density at radius 1 is 1.38 bits per heavy atom. The molecule has 2 unspecified atom stereocenters. The lowest BCUT2D eigenvalue weighted by Gasteiger charge is -2.22. The predicted molar refractivity (Wildman–Crippen MR) is 58.7 cm³/mol. The van der Waals surface area contributed by atoms with Gasteiger partial charge in [0, 0.05) is 12.0 Å². The molecule has 13 heavy (non-hydrogen) atoms. The van der Waals surface area contributed by atoms with Crippen molar-refractivity contribution in [2.75, 3.05) is 6.54 Å². The lowest BCUT2D eigenvalue weighted by molar-refractivity contribution is 0.516. The summed E-state index contributed by atoms with van der Waals surface area (Å²) in [6.45, 7) is 7.15. The summed E-state index contributed by atoms with van der Waals surface area (Å²) in [6.07, 6.45) is 13.1. The van der Waals surface area contributed by atoms with Crippen LogP contribution in [0.5, 0.6) is 0 Å². The first-order chi connectivity index (χ1) is 6.38. The zero-order valence-corrected chi connectivity index (χ0v) is 8.37. The molecular weight excluding hydrogens is 158 g/mol. The second kappa shape index (κ2) is 5.76. The average Bonchev–Trinajstić information content (AvgIpc) is 2.19. The fraction of sp³-hybridized carbons (Fsp3) is 0.500. The van der Waals surface area contributed by atoms with Crippen LogP contribution in [0.4, 0.5) is 0 Å². The third-order valence-corrected chi connectivity index (χ3v) is 2.36. The van der Waals surface area contributed by atoms with Gasteiger partial charge in [-0.1, -0.05) is 43.7 Å². The van der Waals surface area contributed by atoms with Crippen molar-refractivity contribution < 1.29 is 0 Å². The highest BCUT2D eigenvalue weighted by atomic mass is 14.9. The van der Waals surface area contributed by atoms with E-state index in [4.69, 9.17) is 0 Å². The van der Waals surface area contributed by atoms with Gasteiger partial charge in [-0.05, 0) is 13.0 Å². The van der Waals surface area contributed by atoms with E-state index < -0.39 is 0 Å². The van der Waals surface area contributed by atoms with Gasteiger partial charge in [0.1, 0.15) is 0 Å². The summed E-state index contributed by atoms with van der Waals surface area (Å²) in [5.41, 5.74) is 0. The van der Waals surface area contributed by atoms with E-state index in [0.29, 0.717) is 12.0 Å². The Morgan fingerprint density at radius 3 is 2.85 bits per heavy atom. The molecule has 1 rings (SSSR count). The first-order valence-corrected chi connectivity index (χ1v) is 5.09. The van der Waals surface area contributed by atoms with E-state index >= 15 is 0 Å². The lowest BCUT2D eigenvalue weighted by Crippen LogP contribution is -2.34. The van der Waals surface area contributed by atoms with Crippen LogP contribution in [0.2, 0.25) is 0 Å². The molecule has 1 heteroatoms. The van der Waals surface area contributed by atoms with E-state index in [-0.39, 0.29) is 0 Å². The fourth-order valence-electron chi connectivity index (χ4n) is 1.50. The molecule has 0 saturated heterocycles. The highest BCUT2D eigenvalue weighted by Gasteiger charge is 2.13. The van der Waals surface area contributed by atoms with Crippen molar-refractivity contribution in [2.45, 2.75) is 25.8 Å². The van der Waals surface area contributed by atoms with Gasteiger partial charge in [-0.15, -0.1) is 6.58 Å². The van der Waals surface area contributed by atoms with Gasteiger partial charge in [-0.2, -0.15) is 0 Å². The second-order valence-corrected chi connectivity index (χ2v) is 3.42. The summed E-state index contributed by atoms with van der Waals surface area (Å²) in [4.78, 5) is 0. The third kappa shape index (κ3) is 3.19. The lowest BCUT2D eigenvalue weighted by atomic mass is 9.95. The number of hydrogen-bond donors (Lipinski definition) is 1. The molecule has 0 fully saturated rings. The van der Waals surface area contributed by atoms with Crippen molar-refractivity contribution >= 4 is 0 Å². The monoisotopic (exact) mass is 177 g/mol. The summed E-state index contributed by atoms with van der Waals surface area (Å²) in [5, 5.41) is 3.51. The molecule has 2 atom stereocenters. The standard InChI is InChI=1S/C12H19N/c1-3-5-10-13-12-9-7-6-8-11(12)4-2/h4,6-9,11-13H,2-3,5,10H2,1H3. The topological polar surface area (TPSA) is 12.0 Å². The highest BCUT2D eigenvalue weighted by molar-refractivity contribution is 5.20. The van der Waals surface area contributed by atoms with Crippen LogP contribution in [0, 0.1) is 5.92 Å². The summed E-state index contributed by atoms with van der Waals surface area (Å²) >= 11 is 0. The molecule has 0 amide bonds. The van der Waals surface area contributed by atoms with Gasteiger partial charge in [0.2, 0.25) is 0 Å². The molecule has 0 spiro atoms. The largest absolute Gasteiger partial charge is 0.310 e. The fourth-order valence-corrected chi connectivity index (χ4v) is 1.50. The molecule has 1 aliphatic carbocycles. The van der Waals surface area contributed by atoms with Crippen molar-refractivity contribution in [1.29, 1.82) is 0 Å². The summed E-state index contributed by atoms with van der Waals surface area (Å²) in [7, 11) is 0. The SMILES string of the molecule is C=CC1C=CC=CC1NCCCC. The summed E-state index contributed by atoms with van der Waals surface area (Å²) in [6, 6.07) is 0.453. The van der Waals surface area contributed by atoms with Gasteiger partial charge in [0.15, 0.2) is 0 Å². The van der Waals surface area contributed by atoms with E-state index in [9.17, 15) is 0 Å². The van der Waals surface area contributed by atoms with Crippen LogP contribution in [0.1, 0.15) is 19.8 Å². The second-order valence-electron chi connectivity index (χ2n) is 3.42. The highest BCUT2D eigenvalue weighted by Crippen LogP contribution is 2.13. The normalized spacial score (nSPS) is 26.2. The van der Waals surface area contributed by atoms with Gasteiger partial charge in [-0.25, -0.2) is 0 Å². The zero-order valence-electron chi connectivity index (χ0n) is 8.37. The Hall–Kier alpha value is -0.820. The van der Waals surface area contributed by atoms with Gasteiger partial charge in [0.25, 0.3) is 0 Å². The molecule has 1 nitrogen and oxygen atoms in total. The van der Waals surface area contributed by atoms with Crippen LogP contribution < -0.4 is 5.32 Å². The number of unbranched alkanes of at least 4 members (excludes halogenated alkanes) is 1. The van der Waals surface area contributed by atoms with Gasteiger partial charge in [0.05, 0.1) is 0 Å². The molecule has 0 aromatic heterocycles. The molecule has 0 heterocycles. The number of rotatable bonds is 5. The van der Waals surface area contributed by atoms with Crippen molar-refractivity contribution in [3.8, 4) is 0 Å². The van der Waals surface area contributed by atoms with Crippen LogP contribution in [0.15, 0.2) is 37.0 Å². The van der Waals surface area contributed by atoms with E-state index in [1.54, 1.807) is 0 Å². The Labute approximate surface area is 81.2 Å². The minimum absolute atomic E-state index is 0.453. The first kappa shape index (κ1) is 10.3. The summed E-state index contributed by atoms with van der Waals surface area (Å²) in [5.74, 6) is 0.460. The average molecular weight is 177 g/mol. The summed E-state index contributed by atoms with van der Waals surface area (Å²) < 4.78 is 0. The maximum Gasteiger partial charge on any atom is 0.0351 e. The van der Waals surface area contributed by atoms with E-state index in [1.165, 1.54) is 12.8 Å².